The van der Waals surface area contributed by atoms with Crippen LogP contribution in [-0.2, 0) is 10.3 Å². The number of carboxylic acid groups (broad SMARTS) is 1. The van der Waals surface area contributed by atoms with Gasteiger partial charge < -0.3 is 5.11 Å². The fourth-order valence-corrected chi connectivity index (χ4v) is 2.35. The lowest BCUT2D eigenvalue weighted by atomic mass is 9.96. The molecule has 0 aliphatic heterocycles. The van der Waals surface area contributed by atoms with Gasteiger partial charge in [0.2, 0.25) is 10.3 Å². The van der Waals surface area contributed by atoms with Gasteiger partial charge in [-0.1, -0.05) is 30.4 Å². The van der Waals surface area contributed by atoms with Gasteiger partial charge in [-0.15, -0.1) is 0 Å². The Morgan fingerprint density at radius 1 is 1.17 bits per heavy atom. The van der Waals surface area contributed by atoms with Crippen LogP contribution >= 0.6 is 0 Å². The van der Waals surface area contributed by atoms with Crippen molar-refractivity contribution in [3.63, 3.8) is 0 Å². The van der Waals surface area contributed by atoms with Crippen LogP contribution in [0.1, 0.15) is 22.3 Å². The standard InChI is InChI=1S/C13H10O4S/c14-13(15)10-7-5-9(6-8-10)11-3-1-2-4-12(11)18(16)17/h1-3,5-8H,4H2,(H,14,15). The average Bonchev–Trinajstić information content (AvgIpc) is 2.39. The van der Waals surface area contributed by atoms with Crippen molar-refractivity contribution in [2.75, 3.05) is 0 Å². The Labute approximate surface area is 105 Å². The maximum absolute atomic E-state index is 11.1. The largest absolute Gasteiger partial charge is 0.478 e. The number of allylic oxidation sites excluding steroid dienone is 4. The predicted molar refractivity (Wildman–Crippen MR) is 69.1 cm³/mol. The highest BCUT2D eigenvalue weighted by atomic mass is 32.2. The summed E-state index contributed by atoms with van der Waals surface area (Å²) in [7, 11) is -2.27. The molecule has 1 aromatic rings. The molecular formula is C13H10O4S. The van der Waals surface area contributed by atoms with E-state index in [1.807, 2.05) is 0 Å². The smallest absolute Gasteiger partial charge is 0.335 e. The summed E-state index contributed by atoms with van der Waals surface area (Å²) >= 11 is 0. The number of hydrogen-bond donors (Lipinski definition) is 1. The van der Waals surface area contributed by atoms with Gasteiger partial charge in [0.25, 0.3) is 0 Å². The van der Waals surface area contributed by atoms with Crippen LogP contribution in [0.15, 0.2) is 42.5 Å². The third kappa shape index (κ3) is 2.41. The van der Waals surface area contributed by atoms with Crippen molar-refractivity contribution in [2.24, 2.45) is 0 Å². The lowest BCUT2D eigenvalue weighted by Crippen LogP contribution is -2.05. The van der Waals surface area contributed by atoms with Crippen molar-refractivity contribution in [2.45, 2.75) is 6.42 Å². The molecule has 2 rings (SSSR count). The average molecular weight is 262 g/mol. The van der Waals surface area contributed by atoms with Gasteiger partial charge in [-0.05, 0) is 17.7 Å². The minimum Gasteiger partial charge on any atom is -0.478 e. The molecule has 1 aliphatic rings. The van der Waals surface area contributed by atoms with Crippen molar-refractivity contribution >= 4 is 26.7 Å². The zero-order chi connectivity index (χ0) is 13.1. The molecule has 0 aromatic heterocycles. The normalized spacial score (nSPS) is 14.2. The molecule has 18 heavy (non-hydrogen) atoms. The summed E-state index contributed by atoms with van der Waals surface area (Å²) in [6.45, 7) is 0. The molecule has 0 saturated carbocycles. The van der Waals surface area contributed by atoms with E-state index >= 15 is 0 Å². The Bertz CT molecular complexity index is 668. The quantitative estimate of drug-likeness (QED) is 0.825. The van der Waals surface area contributed by atoms with Crippen LogP contribution in [0.2, 0.25) is 0 Å². The minimum atomic E-state index is -2.27. The van der Waals surface area contributed by atoms with Gasteiger partial charge in [0.15, 0.2) is 0 Å². The van der Waals surface area contributed by atoms with E-state index in [9.17, 15) is 13.2 Å². The first-order chi connectivity index (χ1) is 8.59. The van der Waals surface area contributed by atoms with E-state index in [0.29, 0.717) is 22.4 Å². The van der Waals surface area contributed by atoms with Crippen molar-refractivity contribution in [3.05, 3.63) is 53.6 Å². The molecule has 5 heteroatoms. The fourth-order valence-electron chi connectivity index (χ4n) is 1.75. The molecule has 0 radical (unpaired) electrons. The first-order valence-electron chi connectivity index (χ1n) is 5.25. The van der Waals surface area contributed by atoms with Gasteiger partial charge in [0, 0.05) is 12.0 Å². The molecule has 0 unspecified atom stereocenters. The van der Waals surface area contributed by atoms with Crippen LogP contribution in [0.5, 0.6) is 0 Å². The van der Waals surface area contributed by atoms with E-state index in [2.05, 4.69) is 0 Å². The first kappa shape index (κ1) is 12.3. The second-order valence-electron chi connectivity index (χ2n) is 3.75. The Morgan fingerprint density at radius 2 is 1.83 bits per heavy atom. The van der Waals surface area contributed by atoms with Crippen molar-refractivity contribution in [1.29, 1.82) is 0 Å². The number of rotatable bonds is 2. The number of benzene rings is 1. The van der Waals surface area contributed by atoms with Crippen LogP contribution in [-0.4, -0.2) is 24.4 Å². The highest BCUT2D eigenvalue weighted by Gasteiger charge is 2.13. The van der Waals surface area contributed by atoms with E-state index in [1.54, 1.807) is 30.4 Å². The molecule has 0 bridgehead atoms. The molecule has 0 fully saturated rings. The number of carboxylic acids is 1. The van der Waals surface area contributed by atoms with Crippen molar-refractivity contribution in [3.8, 4) is 0 Å². The molecule has 4 nitrogen and oxygen atoms in total. The molecule has 1 aromatic carbocycles. The topological polar surface area (TPSA) is 71.4 Å². The lowest BCUT2D eigenvalue weighted by molar-refractivity contribution is 0.0697. The molecule has 92 valence electrons. The van der Waals surface area contributed by atoms with Crippen LogP contribution in [0, 0.1) is 0 Å². The van der Waals surface area contributed by atoms with E-state index < -0.39 is 16.3 Å². The van der Waals surface area contributed by atoms with Crippen molar-refractivity contribution < 1.29 is 18.3 Å². The highest BCUT2D eigenvalue weighted by molar-refractivity contribution is 7.74. The van der Waals surface area contributed by atoms with Gasteiger partial charge >= 0.3 is 5.97 Å². The van der Waals surface area contributed by atoms with E-state index in [0.717, 1.165) is 0 Å². The van der Waals surface area contributed by atoms with E-state index in [4.69, 9.17) is 5.11 Å². The van der Waals surface area contributed by atoms with Crippen LogP contribution in [0.25, 0.3) is 5.57 Å². The molecule has 0 saturated heterocycles. The molecular weight excluding hydrogens is 252 g/mol. The second-order valence-corrected chi connectivity index (χ2v) is 4.72. The zero-order valence-corrected chi connectivity index (χ0v) is 10.1. The van der Waals surface area contributed by atoms with Gasteiger partial charge in [0.05, 0.1) is 10.4 Å². The Hall–Kier alpha value is -2.14. The van der Waals surface area contributed by atoms with Gasteiger partial charge in [0.1, 0.15) is 0 Å². The van der Waals surface area contributed by atoms with Crippen LogP contribution < -0.4 is 0 Å². The Balaban J connectivity index is 2.48. The summed E-state index contributed by atoms with van der Waals surface area (Å²) in [5, 5.41) is 8.80. The Kier molecular flexibility index (Phi) is 3.43. The molecule has 1 N–H and O–H groups in total. The van der Waals surface area contributed by atoms with Gasteiger partial charge in [-0.25, -0.2) is 4.79 Å². The molecule has 0 atom stereocenters. The number of aromatic carboxylic acids is 1. The van der Waals surface area contributed by atoms with E-state index in [-0.39, 0.29) is 5.56 Å². The predicted octanol–water partition coefficient (Wildman–Crippen LogP) is 1.78. The summed E-state index contributed by atoms with van der Waals surface area (Å²) in [5.41, 5.74) is 1.49. The second kappa shape index (κ2) is 5.01. The molecule has 0 heterocycles. The summed E-state index contributed by atoms with van der Waals surface area (Å²) in [5.74, 6) is -1.00. The first-order valence-corrected chi connectivity index (χ1v) is 6.33. The molecule has 0 amide bonds. The summed E-state index contributed by atoms with van der Waals surface area (Å²) in [6, 6.07) is 6.15. The monoisotopic (exact) mass is 262 g/mol. The van der Waals surface area contributed by atoms with Gasteiger partial charge in [-0.2, -0.15) is 8.42 Å². The van der Waals surface area contributed by atoms with Crippen molar-refractivity contribution in [1.82, 2.24) is 0 Å². The number of carbonyl (C=O) groups is 1. The summed E-state index contributed by atoms with van der Waals surface area (Å²) in [6.07, 6.45) is 5.63. The molecule has 1 aliphatic carbocycles. The lowest BCUT2D eigenvalue weighted by Gasteiger charge is -2.10. The van der Waals surface area contributed by atoms with Crippen LogP contribution in [0.4, 0.5) is 0 Å². The third-order valence-corrected chi connectivity index (χ3v) is 3.44. The summed E-state index contributed by atoms with van der Waals surface area (Å²) < 4.78 is 22.2. The third-order valence-electron chi connectivity index (χ3n) is 2.65. The molecule has 0 spiro atoms. The van der Waals surface area contributed by atoms with E-state index in [1.165, 1.54) is 12.1 Å². The SMILES string of the molecule is O=C(O)c1ccc(C2=CC=CCC2=S(=O)=O)cc1. The van der Waals surface area contributed by atoms with Crippen LogP contribution in [0.3, 0.4) is 0 Å². The summed E-state index contributed by atoms with van der Waals surface area (Å²) in [4.78, 5) is 11.1. The maximum Gasteiger partial charge on any atom is 0.335 e. The minimum absolute atomic E-state index is 0.176. The highest BCUT2D eigenvalue weighted by Crippen LogP contribution is 2.21. The maximum atomic E-state index is 11.1. The number of hydrogen-bond acceptors (Lipinski definition) is 3. The fraction of sp³-hybridized carbons (Fsp3) is 0.0769. The Morgan fingerprint density at radius 3 is 2.39 bits per heavy atom. The van der Waals surface area contributed by atoms with Gasteiger partial charge in [-0.3, -0.25) is 0 Å². The zero-order valence-electron chi connectivity index (χ0n) is 9.33.